The minimum absolute atomic E-state index is 0.0162. The molecular weight excluding hydrogens is 114 g/mol. The van der Waals surface area contributed by atoms with Gasteiger partial charge >= 0.3 is 0 Å². The molecule has 0 aromatic heterocycles. The molecular formula is C7H15NO. The Hall–Kier alpha value is -0.0800. The first kappa shape index (κ1) is 7.03. The Kier molecular flexibility index (Phi) is 1.53. The van der Waals surface area contributed by atoms with Gasteiger partial charge in [-0.2, -0.15) is 0 Å². The summed E-state index contributed by atoms with van der Waals surface area (Å²) < 4.78 is 0. The van der Waals surface area contributed by atoms with Gasteiger partial charge in [-0.05, 0) is 32.6 Å². The molecule has 1 aliphatic rings. The average Bonchev–Trinajstić information content (AvgIpc) is 2.40. The Morgan fingerprint density at radius 1 is 1.56 bits per heavy atom. The monoisotopic (exact) mass is 129 g/mol. The lowest BCUT2D eigenvalue weighted by molar-refractivity contribution is 0.0445. The van der Waals surface area contributed by atoms with E-state index in [4.69, 9.17) is 5.73 Å². The normalized spacial score (nSPS) is 24.0. The lowest BCUT2D eigenvalue weighted by Gasteiger charge is -2.25. The highest BCUT2D eigenvalue weighted by molar-refractivity contribution is 4.93. The number of hydrogen-bond donors (Lipinski definition) is 2. The summed E-state index contributed by atoms with van der Waals surface area (Å²) in [5, 5.41) is 9.37. The fourth-order valence-corrected chi connectivity index (χ4v) is 1.03. The first-order valence-corrected chi connectivity index (χ1v) is 3.50. The highest BCUT2D eigenvalue weighted by Crippen LogP contribution is 2.35. The lowest BCUT2D eigenvalue weighted by atomic mass is 9.96. The Bertz CT molecular complexity index is 102. The topological polar surface area (TPSA) is 46.2 Å². The van der Waals surface area contributed by atoms with E-state index in [0.29, 0.717) is 5.92 Å². The van der Waals surface area contributed by atoms with Crippen LogP contribution in [0.25, 0.3) is 0 Å². The van der Waals surface area contributed by atoms with Gasteiger partial charge in [-0.1, -0.05) is 0 Å². The summed E-state index contributed by atoms with van der Waals surface area (Å²) in [6.45, 7) is 3.55. The van der Waals surface area contributed by atoms with Gasteiger partial charge in [0.05, 0.1) is 5.60 Å². The lowest BCUT2D eigenvalue weighted by Crippen LogP contribution is -2.44. The molecule has 9 heavy (non-hydrogen) atoms. The zero-order valence-corrected chi connectivity index (χ0v) is 6.09. The van der Waals surface area contributed by atoms with Crippen LogP contribution in [0.2, 0.25) is 0 Å². The number of hydrogen-bond acceptors (Lipinski definition) is 2. The summed E-state index contributed by atoms with van der Waals surface area (Å²) in [6, 6.07) is -0.0162. The Labute approximate surface area is 56.1 Å². The van der Waals surface area contributed by atoms with Gasteiger partial charge in [-0.15, -0.1) is 0 Å². The Morgan fingerprint density at radius 2 is 2.00 bits per heavy atom. The molecule has 1 atom stereocenters. The van der Waals surface area contributed by atoms with Crippen molar-refractivity contribution >= 4 is 0 Å². The minimum atomic E-state index is -0.679. The van der Waals surface area contributed by atoms with E-state index in [1.165, 1.54) is 12.8 Å². The SMILES string of the molecule is CC(C)(O)[C@@H](N)C1CC1. The molecule has 54 valence electrons. The van der Waals surface area contributed by atoms with Crippen LogP contribution >= 0.6 is 0 Å². The van der Waals surface area contributed by atoms with Gasteiger partial charge in [0.15, 0.2) is 0 Å². The van der Waals surface area contributed by atoms with Crippen LogP contribution in [-0.4, -0.2) is 16.7 Å². The largest absolute Gasteiger partial charge is 0.389 e. The number of aliphatic hydroxyl groups is 1. The highest BCUT2D eigenvalue weighted by Gasteiger charge is 2.37. The molecule has 1 rings (SSSR count). The second kappa shape index (κ2) is 1.96. The van der Waals surface area contributed by atoms with Crippen LogP contribution in [0.15, 0.2) is 0 Å². The molecule has 0 amide bonds. The van der Waals surface area contributed by atoms with Crippen molar-refractivity contribution in [1.29, 1.82) is 0 Å². The predicted octanol–water partition coefficient (Wildman–Crippen LogP) is 0.495. The molecule has 2 heteroatoms. The number of rotatable bonds is 2. The van der Waals surface area contributed by atoms with E-state index >= 15 is 0 Å². The molecule has 0 aromatic rings. The summed E-state index contributed by atoms with van der Waals surface area (Å²) in [5.74, 6) is 0.588. The van der Waals surface area contributed by atoms with Gasteiger partial charge in [-0.3, -0.25) is 0 Å². The summed E-state index contributed by atoms with van der Waals surface area (Å²) in [7, 11) is 0. The smallest absolute Gasteiger partial charge is 0.0744 e. The van der Waals surface area contributed by atoms with Crippen molar-refractivity contribution in [3.63, 3.8) is 0 Å². The summed E-state index contributed by atoms with van der Waals surface area (Å²) in [6.07, 6.45) is 2.40. The quantitative estimate of drug-likeness (QED) is 0.570. The van der Waals surface area contributed by atoms with Crippen LogP contribution in [0.4, 0.5) is 0 Å². The van der Waals surface area contributed by atoms with E-state index in [9.17, 15) is 5.11 Å². The van der Waals surface area contributed by atoms with Crippen molar-refractivity contribution in [2.75, 3.05) is 0 Å². The Balaban J connectivity index is 2.40. The predicted molar refractivity (Wildman–Crippen MR) is 37.0 cm³/mol. The zero-order chi connectivity index (χ0) is 7.07. The van der Waals surface area contributed by atoms with E-state index in [-0.39, 0.29) is 6.04 Å². The molecule has 1 fully saturated rings. The highest BCUT2D eigenvalue weighted by atomic mass is 16.3. The van der Waals surface area contributed by atoms with Gasteiger partial charge < -0.3 is 10.8 Å². The first-order valence-electron chi connectivity index (χ1n) is 3.50. The summed E-state index contributed by atoms with van der Waals surface area (Å²) in [5.41, 5.74) is 5.03. The van der Waals surface area contributed by atoms with Crippen molar-refractivity contribution in [2.24, 2.45) is 11.7 Å². The second-order valence-electron chi connectivity index (χ2n) is 3.52. The third-order valence-electron chi connectivity index (χ3n) is 1.95. The minimum Gasteiger partial charge on any atom is -0.389 e. The molecule has 0 spiro atoms. The fourth-order valence-electron chi connectivity index (χ4n) is 1.03. The first-order chi connectivity index (χ1) is 4.02. The van der Waals surface area contributed by atoms with E-state index in [1.54, 1.807) is 13.8 Å². The van der Waals surface area contributed by atoms with Crippen LogP contribution in [0.1, 0.15) is 26.7 Å². The van der Waals surface area contributed by atoms with E-state index < -0.39 is 5.60 Å². The van der Waals surface area contributed by atoms with Gasteiger partial charge in [-0.25, -0.2) is 0 Å². The third kappa shape index (κ3) is 1.66. The van der Waals surface area contributed by atoms with E-state index in [1.807, 2.05) is 0 Å². The molecule has 0 radical (unpaired) electrons. The maximum atomic E-state index is 9.37. The van der Waals surface area contributed by atoms with Gasteiger partial charge in [0, 0.05) is 6.04 Å². The van der Waals surface area contributed by atoms with E-state index in [2.05, 4.69) is 0 Å². The van der Waals surface area contributed by atoms with E-state index in [0.717, 1.165) is 0 Å². The van der Waals surface area contributed by atoms with Crippen molar-refractivity contribution in [2.45, 2.75) is 38.3 Å². The number of nitrogens with two attached hydrogens (primary N) is 1. The molecule has 1 saturated carbocycles. The van der Waals surface area contributed by atoms with Gasteiger partial charge in [0.25, 0.3) is 0 Å². The molecule has 3 N–H and O–H groups in total. The van der Waals surface area contributed by atoms with Crippen molar-refractivity contribution in [3.8, 4) is 0 Å². The summed E-state index contributed by atoms with van der Waals surface area (Å²) >= 11 is 0. The Morgan fingerprint density at radius 3 is 2.11 bits per heavy atom. The van der Waals surface area contributed by atoms with Crippen LogP contribution < -0.4 is 5.73 Å². The molecule has 0 unspecified atom stereocenters. The zero-order valence-electron chi connectivity index (χ0n) is 6.09. The van der Waals surface area contributed by atoms with Crippen LogP contribution in [0.3, 0.4) is 0 Å². The fraction of sp³-hybridized carbons (Fsp3) is 1.00. The van der Waals surface area contributed by atoms with Crippen LogP contribution in [0.5, 0.6) is 0 Å². The molecule has 1 aliphatic carbocycles. The molecule has 2 nitrogen and oxygen atoms in total. The average molecular weight is 129 g/mol. The summed E-state index contributed by atoms with van der Waals surface area (Å²) in [4.78, 5) is 0. The second-order valence-corrected chi connectivity index (χ2v) is 3.52. The maximum absolute atomic E-state index is 9.37. The standard InChI is InChI=1S/C7H15NO/c1-7(2,9)6(8)5-3-4-5/h5-6,9H,3-4,8H2,1-2H3/t6-/m0/s1. The molecule has 0 saturated heterocycles. The van der Waals surface area contributed by atoms with Crippen LogP contribution in [0, 0.1) is 5.92 Å². The van der Waals surface area contributed by atoms with Crippen molar-refractivity contribution < 1.29 is 5.11 Å². The molecule has 0 aromatic carbocycles. The van der Waals surface area contributed by atoms with Gasteiger partial charge in [0.2, 0.25) is 0 Å². The van der Waals surface area contributed by atoms with Crippen LogP contribution in [-0.2, 0) is 0 Å². The third-order valence-corrected chi connectivity index (χ3v) is 1.95. The maximum Gasteiger partial charge on any atom is 0.0744 e. The molecule has 0 heterocycles. The van der Waals surface area contributed by atoms with Gasteiger partial charge in [0.1, 0.15) is 0 Å². The molecule has 0 aliphatic heterocycles. The van der Waals surface area contributed by atoms with Crippen molar-refractivity contribution in [3.05, 3.63) is 0 Å². The van der Waals surface area contributed by atoms with Crippen molar-refractivity contribution in [1.82, 2.24) is 0 Å². The molecule has 0 bridgehead atoms.